The Labute approximate surface area is 115 Å². The van der Waals surface area contributed by atoms with Crippen LogP contribution in [0.3, 0.4) is 0 Å². The smallest absolute Gasteiger partial charge is 0.118 e. The van der Waals surface area contributed by atoms with Gasteiger partial charge in [0.2, 0.25) is 0 Å². The van der Waals surface area contributed by atoms with Crippen LogP contribution < -0.4 is 10.5 Å². The Morgan fingerprint density at radius 3 is 2.42 bits per heavy atom. The highest BCUT2D eigenvalue weighted by Gasteiger charge is 2.19. The monoisotopic (exact) mass is 261 g/mol. The van der Waals surface area contributed by atoms with E-state index in [0.29, 0.717) is 6.54 Å². The van der Waals surface area contributed by atoms with Crippen LogP contribution in [0, 0.1) is 17.2 Å². The van der Waals surface area contributed by atoms with E-state index in [1.54, 1.807) is 7.11 Å². The standard InChI is InChI=1S/C15H23N3O/c1-4-18(11-12(2)9-16)15(10-17)13-5-7-14(19-3)8-6-13/h5-8,12,15H,4,10-11,17H2,1-3H3. The van der Waals surface area contributed by atoms with Crippen molar-refractivity contribution in [2.45, 2.75) is 19.9 Å². The molecule has 0 heterocycles. The highest BCUT2D eigenvalue weighted by molar-refractivity contribution is 5.29. The van der Waals surface area contributed by atoms with Gasteiger partial charge in [-0.1, -0.05) is 19.1 Å². The maximum absolute atomic E-state index is 8.95. The third-order valence-electron chi connectivity index (χ3n) is 3.30. The molecule has 104 valence electrons. The van der Waals surface area contributed by atoms with Crippen LogP contribution in [-0.4, -0.2) is 31.6 Å². The summed E-state index contributed by atoms with van der Waals surface area (Å²) in [7, 11) is 1.66. The van der Waals surface area contributed by atoms with Crippen LogP contribution in [0.1, 0.15) is 25.5 Å². The van der Waals surface area contributed by atoms with Crippen molar-refractivity contribution in [3.8, 4) is 11.8 Å². The molecule has 2 N–H and O–H groups in total. The zero-order chi connectivity index (χ0) is 14.3. The number of ether oxygens (including phenoxy) is 1. The molecular weight excluding hydrogens is 238 g/mol. The van der Waals surface area contributed by atoms with Gasteiger partial charge in [-0.3, -0.25) is 4.90 Å². The SMILES string of the molecule is CCN(CC(C)C#N)C(CN)c1ccc(OC)cc1. The summed E-state index contributed by atoms with van der Waals surface area (Å²) in [5, 5.41) is 8.95. The number of nitriles is 1. The summed E-state index contributed by atoms with van der Waals surface area (Å²) in [6, 6.07) is 10.4. The van der Waals surface area contributed by atoms with E-state index in [0.717, 1.165) is 24.4 Å². The molecule has 19 heavy (non-hydrogen) atoms. The summed E-state index contributed by atoms with van der Waals surface area (Å²) in [4.78, 5) is 2.25. The second-order valence-electron chi connectivity index (χ2n) is 4.64. The number of hydrogen-bond donors (Lipinski definition) is 1. The van der Waals surface area contributed by atoms with E-state index in [2.05, 4.69) is 17.9 Å². The van der Waals surface area contributed by atoms with Gasteiger partial charge in [0.25, 0.3) is 0 Å². The Hall–Kier alpha value is -1.57. The zero-order valence-electron chi connectivity index (χ0n) is 12.0. The molecule has 0 aliphatic carbocycles. The van der Waals surface area contributed by atoms with Gasteiger partial charge in [0.05, 0.1) is 19.1 Å². The zero-order valence-corrected chi connectivity index (χ0v) is 12.0. The van der Waals surface area contributed by atoms with Crippen LogP contribution in [-0.2, 0) is 0 Å². The first-order chi connectivity index (χ1) is 9.15. The number of methoxy groups -OCH3 is 1. The van der Waals surface area contributed by atoms with Gasteiger partial charge in [-0.2, -0.15) is 5.26 Å². The molecule has 1 aromatic carbocycles. The summed E-state index contributed by atoms with van der Waals surface area (Å²) < 4.78 is 5.16. The molecule has 2 unspecified atom stereocenters. The van der Waals surface area contributed by atoms with Crippen molar-refractivity contribution in [3.63, 3.8) is 0 Å². The summed E-state index contributed by atoms with van der Waals surface area (Å²) in [5.74, 6) is 0.847. The van der Waals surface area contributed by atoms with E-state index in [9.17, 15) is 0 Å². The molecule has 0 saturated carbocycles. The van der Waals surface area contributed by atoms with Gasteiger partial charge in [-0.25, -0.2) is 0 Å². The van der Waals surface area contributed by atoms with Crippen molar-refractivity contribution in [1.29, 1.82) is 5.26 Å². The molecule has 4 heteroatoms. The molecule has 0 bridgehead atoms. The molecular formula is C15H23N3O. The summed E-state index contributed by atoms with van der Waals surface area (Å²) in [6.07, 6.45) is 0. The van der Waals surface area contributed by atoms with Gasteiger partial charge in [0.15, 0.2) is 0 Å². The van der Waals surface area contributed by atoms with Crippen molar-refractivity contribution in [3.05, 3.63) is 29.8 Å². The van der Waals surface area contributed by atoms with Gasteiger partial charge in [-0.15, -0.1) is 0 Å². The number of nitrogens with two attached hydrogens (primary N) is 1. The molecule has 1 rings (SSSR count). The highest BCUT2D eigenvalue weighted by Crippen LogP contribution is 2.23. The molecule has 2 atom stereocenters. The molecule has 1 aromatic rings. The van der Waals surface area contributed by atoms with Gasteiger partial charge in [0.1, 0.15) is 5.75 Å². The van der Waals surface area contributed by atoms with Crippen LogP contribution >= 0.6 is 0 Å². The molecule has 0 aliphatic heterocycles. The molecule has 0 spiro atoms. The fourth-order valence-corrected chi connectivity index (χ4v) is 2.19. The average Bonchev–Trinajstić information content (AvgIpc) is 2.47. The molecule has 0 aliphatic rings. The Balaban J connectivity index is 2.87. The first-order valence-electron chi connectivity index (χ1n) is 6.63. The summed E-state index contributed by atoms with van der Waals surface area (Å²) in [6.45, 7) is 6.18. The predicted molar refractivity (Wildman–Crippen MR) is 76.8 cm³/mol. The van der Waals surface area contributed by atoms with E-state index < -0.39 is 0 Å². The molecule has 0 amide bonds. The Kier molecular flexibility index (Phi) is 6.34. The minimum absolute atomic E-state index is 0.00671. The number of benzene rings is 1. The molecule has 0 saturated heterocycles. The number of nitrogens with zero attached hydrogens (tertiary/aromatic N) is 2. The van der Waals surface area contributed by atoms with Crippen LogP contribution in [0.4, 0.5) is 0 Å². The van der Waals surface area contributed by atoms with E-state index in [1.807, 2.05) is 31.2 Å². The van der Waals surface area contributed by atoms with Gasteiger partial charge >= 0.3 is 0 Å². The van der Waals surface area contributed by atoms with Crippen molar-refractivity contribution in [2.24, 2.45) is 11.7 Å². The lowest BCUT2D eigenvalue weighted by atomic mass is 10.0. The first-order valence-corrected chi connectivity index (χ1v) is 6.63. The predicted octanol–water partition coefficient (Wildman–Crippen LogP) is 2.18. The number of rotatable bonds is 7. The van der Waals surface area contributed by atoms with Gasteiger partial charge < -0.3 is 10.5 Å². The van der Waals surface area contributed by atoms with Crippen LogP contribution in [0.15, 0.2) is 24.3 Å². The molecule has 0 fully saturated rings. The van der Waals surface area contributed by atoms with Crippen LogP contribution in [0.5, 0.6) is 5.75 Å². The van der Waals surface area contributed by atoms with Crippen LogP contribution in [0.25, 0.3) is 0 Å². The summed E-state index contributed by atoms with van der Waals surface area (Å²) >= 11 is 0. The third-order valence-corrected chi connectivity index (χ3v) is 3.30. The largest absolute Gasteiger partial charge is 0.497 e. The summed E-state index contributed by atoms with van der Waals surface area (Å²) in [5.41, 5.74) is 7.08. The van der Waals surface area contributed by atoms with Crippen LogP contribution in [0.2, 0.25) is 0 Å². The lowest BCUT2D eigenvalue weighted by Gasteiger charge is -2.31. The first kappa shape index (κ1) is 15.5. The molecule has 0 radical (unpaired) electrons. The fraction of sp³-hybridized carbons (Fsp3) is 0.533. The van der Waals surface area contributed by atoms with E-state index >= 15 is 0 Å². The Morgan fingerprint density at radius 1 is 1.37 bits per heavy atom. The average molecular weight is 261 g/mol. The minimum atomic E-state index is 0.00671. The second kappa shape index (κ2) is 7.78. The maximum Gasteiger partial charge on any atom is 0.118 e. The Bertz CT molecular complexity index is 410. The molecule has 0 aromatic heterocycles. The topological polar surface area (TPSA) is 62.3 Å². The van der Waals surface area contributed by atoms with E-state index in [1.165, 1.54) is 0 Å². The number of likely N-dealkylation sites (N-methyl/N-ethyl adjacent to an activating group) is 1. The fourth-order valence-electron chi connectivity index (χ4n) is 2.19. The number of hydrogen-bond acceptors (Lipinski definition) is 4. The lowest BCUT2D eigenvalue weighted by Crippen LogP contribution is -2.36. The van der Waals surface area contributed by atoms with Gasteiger partial charge in [0, 0.05) is 19.1 Å². The van der Waals surface area contributed by atoms with E-state index in [4.69, 9.17) is 15.7 Å². The van der Waals surface area contributed by atoms with Gasteiger partial charge in [-0.05, 0) is 31.2 Å². The lowest BCUT2D eigenvalue weighted by molar-refractivity contribution is 0.198. The normalized spacial score (nSPS) is 13.9. The van der Waals surface area contributed by atoms with Crippen molar-refractivity contribution in [2.75, 3.05) is 26.7 Å². The maximum atomic E-state index is 8.95. The van der Waals surface area contributed by atoms with Crippen molar-refractivity contribution < 1.29 is 4.74 Å². The third kappa shape index (κ3) is 4.23. The Morgan fingerprint density at radius 2 is 2.00 bits per heavy atom. The molecule has 4 nitrogen and oxygen atoms in total. The van der Waals surface area contributed by atoms with E-state index in [-0.39, 0.29) is 12.0 Å². The quantitative estimate of drug-likeness (QED) is 0.817. The highest BCUT2D eigenvalue weighted by atomic mass is 16.5. The van der Waals surface area contributed by atoms with Crippen molar-refractivity contribution >= 4 is 0 Å². The minimum Gasteiger partial charge on any atom is -0.497 e. The second-order valence-corrected chi connectivity index (χ2v) is 4.64. The van der Waals surface area contributed by atoms with Crippen molar-refractivity contribution in [1.82, 2.24) is 4.90 Å².